The maximum atomic E-state index is 5.70. The zero-order chi connectivity index (χ0) is 11.5. The molecule has 84 valence electrons. The van der Waals surface area contributed by atoms with Crippen LogP contribution in [0.1, 0.15) is 11.4 Å². The second-order valence-electron chi connectivity index (χ2n) is 3.26. The van der Waals surface area contributed by atoms with Crippen molar-refractivity contribution in [2.75, 3.05) is 0 Å². The van der Waals surface area contributed by atoms with Gasteiger partial charge in [0.25, 0.3) is 0 Å². The van der Waals surface area contributed by atoms with Crippen molar-refractivity contribution in [2.45, 2.75) is 23.5 Å². The number of nitrogens with two attached hydrogens (primary N) is 1. The second kappa shape index (κ2) is 4.99. The Labute approximate surface area is 106 Å². The molecule has 0 saturated carbocycles. The number of hydrogen-bond donors (Lipinski definition) is 2. The van der Waals surface area contributed by atoms with E-state index in [4.69, 9.17) is 5.73 Å². The Bertz CT molecular complexity index is 497. The third kappa shape index (κ3) is 2.63. The predicted octanol–water partition coefficient (Wildman–Crippen LogP) is 2.49. The van der Waals surface area contributed by atoms with Crippen LogP contribution in [0.5, 0.6) is 0 Å². The number of benzene rings is 1. The summed E-state index contributed by atoms with van der Waals surface area (Å²) >= 11 is 4.94. The number of halogens is 1. The number of rotatable bonds is 3. The standard InChI is InChI=1S/C10H11BrN4S/c1-6-13-10(15-14-6)16-9-3-2-8(11)4-7(9)5-12/h2-4H,5,12H2,1H3,(H,13,14,15). The van der Waals surface area contributed by atoms with Crippen LogP contribution in [0.4, 0.5) is 0 Å². The molecule has 0 saturated heterocycles. The summed E-state index contributed by atoms with van der Waals surface area (Å²) in [7, 11) is 0. The fraction of sp³-hybridized carbons (Fsp3) is 0.200. The lowest BCUT2D eigenvalue weighted by molar-refractivity contribution is 0.964. The molecule has 6 heteroatoms. The molecule has 0 radical (unpaired) electrons. The van der Waals surface area contributed by atoms with Crippen LogP contribution < -0.4 is 5.73 Å². The lowest BCUT2D eigenvalue weighted by Crippen LogP contribution is -1.98. The van der Waals surface area contributed by atoms with E-state index in [0.717, 1.165) is 25.9 Å². The van der Waals surface area contributed by atoms with Crippen molar-refractivity contribution in [2.24, 2.45) is 5.73 Å². The van der Waals surface area contributed by atoms with E-state index >= 15 is 0 Å². The second-order valence-corrected chi connectivity index (χ2v) is 5.19. The molecule has 0 aliphatic rings. The summed E-state index contributed by atoms with van der Waals surface area (Å²) in [4.78, 5) is 5.34. The highest BCUT2D eigenvalue weighted by Gasteiger charge is 2.07. The van der Waals surface area contributed by atoms with Crippen LogP contribution in [-0.4, -0.2) is 15.2 Å². The van der Waals surface area contributed by atoms with Crippen molar-refractivity contribution in [3.05, 3.63) is 34.1 Å². The molecule has 0 aliphatic carbocycles. The van der Waals surface area contributed by atoms with Crippen LogP contribution in [0, 0.1) is 6.92 Å². The molecule has 4 nitrogen and oxygen atoms in total. The highest BCUT2D eigenvalue weighted by molar-refractivity contribution is 9.10. The highest BCUT2D eigenvalue weighted by atomic mass is 79.9. The number of hydrogen-bond acceptors (Lipinski definition) is 4. The number of aromatic amines is 1. The Morgan fingerprint density at radius 3 is 2.94 bits per heavy atom. The summed E-state index contributed by atoms with van der Waals surface area (Å²) in [6.45, 7) is 2.38. The molecular formula is C10H11BrN4S. The fourth-order valence-electron chi connectivity index (χ4n) is 1.27. The number of H-pyrrole nitrogens is 1. The first-order valence-electron chi connectivity index (χ1n) is 4.74. The molecule has 3 N–H and O–H groups in total. The Morgan fingerprint density at radius 2 is 2.31 bits per heavy atom. The fourth-order valence-corrected chi connectivity index (χ4v) is 2.56. The molecule has 1 heterocycles. The van der Waals surface area contributed by atoms with Crippen molar-refractivity contribution in [1.29, 1.82) is 0 Å². The molecular weight excluding hydrogens is 288 g/mol. The van der Waals surface area contributed by atoms with Gasteiger partial charge in [0, 0.05) is 15.9 Å². The lowest BCUT2D eigenvalue weighted by atomic mass is 10.2. The first kappa shape index (κ1) is 11.6. The molecule has 0 atom stereocenters. The molecule has 1 aromatic carbocycles. The van der Waals surface area contributed by atoms with Gasteiger partial charge in [-0.25, -0.2) is 4.98 Å². The van der Waals surface area contributed by atoms with E-state index in [1.54, 1.807) is 0 Å². The minimum absolute atomic E-state index is 0.505. The van der Waals surface area contributed by atoms with Gasteiger partial charge in [-0.05, 0) is 42.4 Å². The van der Waals surface area contributed by atoms with Crippen LogP contribution in [0.25, 0.3) is 0 Å². The smallest absolute Gasteiger partial charge is 0.213 e. The molecule has 0 fully saturated rings. The monoisotopic (exact) mass is 298 g/mol. The van der Waals surface area contributed by atoms with Gasteiger partial charge in [0.15, 0.2) is 0 Å². The van der Waals surface area contributed by atoms with Gasteiger partial charge < -0.3 is 5.73 Å². The highest BCUT2D eigenvalue weighted by Crippen LogP contribution is 2.29. The average Bonchev–Trinajstić information content (AvgIpc) is 2.67. The Hall–Kier alpha value is -0.850. The van der Waals surface area contributed by atoms with Crippen molar-refractivity contribution in [3.8, 4) is 0 Å². The normalized spacial score (nSPS) is 10.7. The van der Waals surface area contributed by atoms with Gasteiger partial charge in [-0.1, -0.05) is 15.9 Å². The third-order valence-electron chi connectivity index (χ3n) is 2.02. The molecule has 0 bridgehead atoms. The van der Waals surface area contributed by atoms with Crippen molar-refractivity contribution in [1.82, 2.24) is 15.2 Å². The first-order valence-corrected chi connectivity index (χ1v) is 6.35. The molecule has 1 aromatic heterocycles. The minimum atomic E-state index is 0.505. The number of nitrogens with zero attached hydrogens (tertiary/aromatic N) is 2. The van der Waals surface area contributed by atoms with Crippen LogP contribution in [-0.2, 0) is 6.54 Å². The quantitative estimate of drug-likeness (QED) is 0.913. The molecule has 2 rings (SSSR count). The largest absolute Gasteiger partial charge is 0.326 e. The third-order valence-corrected chi connectivity index (χ3v) is 3.50. The van der Waals surface area contributed by atoms with E-state index in [1.807, 2.05) is 25.1 Å². The molecule has 16 heavy (non-hydrogen) atoms. The van der Waals surface area contributed by atoms with Gasteiger partial charge in [0.2, 0.25) is 5.16 Å². The number of aryl methyl sites for hydroxylation is 1. The van der Waals surface area contributed by atoms with E-state index in [1.165, 1.54) is 11.8 Å². The van der Waals surface area contributed by atoms with E-state index in [9.17, 15) is 0 Å². The van der Waals surface area contributed by atoms with Gasteiger partial charge in [0.05, 0.1) is 0 Å². The maximum Gasteiger partial charge on any atom is 0.213 e. The average molecular weight is 299 g/mol. The van der Waals surface area contributed by atoms with Crippen LogP contribution >= 0.6 is 27.7 Å². The maximum absolute atomic E-state index is 5.70. The van der Waals surface area contributed by atoms with Crippen molar-refractivity contribution in [3.63, 3.8) is 0 Å². The Balaban J connectivity index is 2.27. The SMILES string of the molecule is Cc1nc(Sc2ccc(Br)cc2CN)n[nH]1. The summed E-state index contributed by atoms with van der Waals surface area (Å²) in [6.07, 6.45) is 0. The van der Waals surface area contributed by atoms with E-state index in [-0.39, 0.29) is 0 Å². The Kier molecular flexibility index (Phi) is 3.63. The van der Waals surface area contributed by atoms with Gasteiger partial charge in [-0.3, -0.25) is 5.10 Å². The van der Waals surface area contributed by atoms with Gasteiger partial charge in [-0.15, -0.1) is 5.10 Å². The first-order chi connectivity index (χ1) is 7.69. The lowest BCUT2D eigenvalue weighted by Gasteiger charge is -2.05. The van der Waals surface area contributed by atoms with E-state index < -0.39 is 0 Å². The molecule has 0 aliphatic heterocycles. The number of nitrogens with one attached hydrogen (secondary N) is 1. The summed E-state index contributed by atoms with van der Waals surface area (Å²) in [5, 5.41) is 7.62. The zero-order valence-corrected chi connectivity index (χ0v) is 11.1. The van der Waals surface area contributed by atoms with Crippen LogP contribution in [0.3, 0.4) is 0 Å². The topological polar surface area (TPSA) is 67.6 Å². The summed E-state index contributed by atoms with van der Waals surface area (Å²) < 4.78 is 1.03. The summed E-state index contributed by atoms with van der Waals surface area (Å²) in [5.74, 6) is 0.814. The Morgan fingerprint density at radius 1 is 1.50 bits per heavy atom. The van der Waals surface area contributed by atoms with Crippen LogP contribution in [0.15, 0.2) is 32.7 Å². The van der Waals surface area contributed by atoms with Gasteiger partial charge in [0.1, 0.15) is 5.82 Å². The molecule has 0 amide bonds. The zero-order valence-electron chi connectivity index (χ0n) is 8.70. The molecule has 2 aromatic rings. The van der Waals surface area contributed by atoms with Crippen LogP contribution in [0.2, 0.25) is 0 Å². The van der Waals surface area contributed by atoms with Gasteiger partial charge >= 0.3 is 0 Å². The van der Waals surface area contributed by atoms with E-state index in [2.05, 4.69) is 31.1 Å². The summed E-state index contributed by atoms with van der Waals surface area (Å²) in [5.41, 5.74) is 6.78. The summed E-state index contributed by atoms with van der Waals surface area (Å²) in [6, 6.07) is 6.02. The van der Waals surface area contributed by atoms with Crippen molar-refractivity contribution < 1.29 is 0 Å². The molecule has 0 spiro atoms. The molecule has 0 unspecified atom stereocenters. The van der Waals surface area contributed by atoms with E-state index in [0.29, 0.717) is 6.54 Å². The van der Waals surface area contributed by atoms with Gasteiger partial charge in [-0.2, -0.15) is 0 Å². The predicted molar refractivity (Wildman–Crippen MR) is 67.3 cm³/mol. The van der Waals surface area contributed by atoms with Crippen molar-refractivity contribution >= 4 is 27.7 Å². The minimum Gasteiger partial charge on any atom is -0.326 e. The number of aromatic nitrogens is 3.